The van der Waals surface area contributed by atoms with Gasteiger partial charge in [-0.3, -0.25) is 14.5 Å². The first-order valence-corrected chi connectivity index (χ1v) is 12.4. The molecule has 172 valence electrons. The van der Waals surface area contributed by atoms with Gasteiger partial charge in [-0.25, -0.2) is 0 Å². The monoisotopic (exact) mass is 419 g/mol. The number of carbonyl (C=O) groups is 2. The molecular weight excluding hydrogens is 374 g/mol. The fourth-order valence-electron chi connectivity index (χ4n) is 5.62. The third-order valence-electron chi connectivity index (χ3n) is 7.61. The lowest BCUT2D eigenvalue weighted by atomic mass is 9.80. The molecule has 1 unspecified atom stereocenters. The highest BCUT2D eigenvalue weighted by Crippen LogP contribution is 2.34. The maximum absolute atomic E-state index is 13.3. The van der Waals surface area contributed by atoms with E-state index < -0.39 is 0 Å². The van der Waals surface area contributed by atoms with Gasteiger partial charge in [-0.1, -0.05) is 41.0 Å². The molecule has 0 bridgehead atoms. The number of Topliss-reactive ketones (excluding diaryl/α,β-unsaturated/α-hetero) is 1. The maximum atomic E-state index is 13.3. The van der Waals surface area contributed by atoms with E-state index in [1.807, 2.05) is 20.8 Å². The average Bonchev–Trinajstić information content (AvgIpc) is 3.13. The zero-order chi connectivity index (χ0) is 21.9. The van der Waals surface area contributed by atoms with Gasteiger partial charge in [0, 0.05) is 36.5 Å². The van der Waals surface area contributed by atoms with E-state index in [9.17, 15) is 9.59 Å². The van der Waals surface area contributed by atoms with Crippen molar-refractivity contribution >= 4 is 11.7 Å². The normalized spacial score (nSPS) is 25.6. The summed E-state index contributed by atoms with van der Waals surface area (Å²) in [6.07, 6.45) is 8.36. The van der Waals surface area contributed by atoms with Crippen LogP contribution in [0.15, 0.2) is 0 Å². The second-order valence-corrected chi connectivity index (χ2v) is 11.8. The quantitative estimate of drug-likeness (QED) is 0.657. The van der Waals surface area contributed by atoms with Crippen molar-refractivity contribution < 1.29 is 9.59 Å². The number of rotatable bonds is 6. The molecule has 3 fully saturated rings. The average molecular weight is 420 g/mol. The Bertz CT molecular complexity index is 596. The first-order valence-electron chi connectivity index (χ1n) is 12.4. The van der Waals surface area contributed by atoms with E-state index in [0.717, 1.165) is 51.9 Å². The summed E-state index contributed by atoms with van der Waals surface area (Å²) in [5.74, 6) is 1.17. The highest BCUT2D eigenvalue weighted by molar-refractivity contribution is 5.85. The van der Waals surface area contributed by atoms with Gasteiger partial charge < -0.3 is 9.80 Å². The minimum Gasteiger partial charge on any atom is -0.342 e. The molecule has 0 radical (unpaired) electrons. The van der Waals surface area contributed by atoms with Crippen LogP contribution in [0.4, 0.5) is 0 Å². The standard InChI is InChI=1S/C25H45N3O2/c1-24(2,3)22(29)19-26-14-9-20(18-26)17-25(4,5)23(30)28-15-10-21(11-16-28)27-12-7-6-8-13-27/h20-21H,6-19H2,1-5H3. The van der Waals surface area contributed by atoms with E-state index in [1.54, 1.807) is 0 Å². The molecule has 0 aromatic rings. The Morgan fingerprint density at radius 3 is 2.07 bits per heavy atom. The summed E-state index contributed by atoms with van der Waals surface area (Å²) in [6.45, 7) is 17.1. The van der Waals surface area contributed by atoms with Crippen molar-refractivity contribution in [1.29, 1.82) is 0 Å². The third kappa shape index (κ3) is 6.06. The minimum absolute atomic E-state index is 0.270. The Morgan fingerprint density at radius 1 is 0.833 bits per heavy atom. The molecule has 3 aliphatic heterocycles. The second-order valence-electron chi connectivity index (χ2n) is 11.8. The molecule has 0 aromatic heterocycles. The van der Waals surface area contributed by atoms with Crippen molar-refractivity contribution in [2.75, 3.05) is 45.8 Å². The molecule has 0 aliphatic carbocycles. The van der Waals surface area contributed by atoms with E-state index in [4.69, 9.17) is 0 Å². The van der Waals surface area contributed by atoms with Crippen LogP contribution in [0.25, 0.3) is 0 Å². The van der Waals surface area contributed by atoms with E-state index in [1.165, 1.54) is 32.4 Å². The first-order chi connectivity index (χ1) is 14.1. The van der Waals surface area contributed by atoms with Gasteiger partial charge >= 0.3 is 0 Å². The van der Waals surface area contributed by atoms with E-state index in [-0.39, 0.29) is 10.8 Å². The van der Waals surface area contributed by atoms with E-state index >= 15 is 0 Å². The van der Waals surface area contributed by atoms with E-state index in [0.29, 0.717) is 30.2 Å². The summed E-state index contributed by atoms with van der Waals surface area (Å²) in [4.78, 5) is 32.8. The Balaban J connectivity index is 1.45. The van der Waals surface area contributed by atoms with Crippen LogP contribution < -0.4 is 0 Å². The van der Waals surface area contributed by atoms with Gasteiger partial charge in [0.2, 0.25) is 5.91 Å². The van der Waals surface area contributed by atoms with Crippen LogP contribution in [0.2, 0.25) is 0 Å². The zero-order valence-electron chi connectivity index (χ0n) is 20.2. The largest absolute Gasteiger partial charge is 0.342 e. The molecule has 1 amide bonds. The Kier molecular flexibility index (Phi) is 7.66. The first kappa shape index (κ1) is 23.7. The summed E-state index contributed by atoms with van der Waals surface area (Å²) >= 11 is 0. The van der Waals surface area contributed by atoms with Crippen LogP contribution in [-0.4, -0.2) is 78.2 Å². The SMILES string of the molecule is CC(C)(C)C(=O)CN1CCC(CC(C)(C)C(=O)N2CCC(N3CCCCC3)CC2)C1. The fourth-order valence-corrected chi connectivity index (χ4v) is 5.62. The smallest absolute Gasteiger partial charge is 0.228 e. The molecule has 30 heavy (non-hydrogen) atoms. The fraction of sp³-hybridized carbons (Fsp3) is 0.920. The van der Waals surface area contributed by atoms with Crippen molar-refractivity contribution in [1.82, 2.24) is 14.7 Å². The van der Waals surface area contributed by atoms with Crippen LogP contribution in [0.5, 0.6) is 0 Å². The lowest BCUT2D eigenvalue weighted by Crippen LogP contribution is -2.51. The Morgan fingerprint density at radius 2 is 1.47 bits per heavy atom. The molecule has 3 rings (SSSR count). The molecular formula is C25H45N3O2. The molecule has 5 heteroatoms. The summed E-state index contributed by atoms with van der Waals surface area (Å²) in [6, 6.07) is 0.682. The molecule has 3 aliphatic rings. The number of hydrogen-bond acceptors (Lipinski definition) is 4. The Hall–Kier alpha value is -0.940. The second kappa shape index (κ2) is 9.68. The number of piperidine rings is 2. The number of hydrogen-bond donors (Lipinski definition) is 0. The van der Waals surface area contributed by atoms with Crippen LogP contribution in [-0.2, 0) is 9.59 Å². The summed E-state index contributed by atoms with van der Waals surface area (Å²) < 4.78 is 0. The van der Waals surface area contributed by atoms with E-state index in [2.05, 4.69) is 28.5 Å². The van der Waals surface area contributed by atoms with Gasteiger partial charge in [-0.2, -0.15) is 0 Å². The van der Waals surface area contributed by atoms with Crippen LogP contribution in [0, 0.1) is 16.7 Å². The van der Waals surface area contributed by atoms with Crippen molar-refractivity contribution in [3.8, 4) is 0 Å². The van der Waals surface area contributed by atoms with Crippen LogP contribution in [0.1, 0.15) is 79.6 Å². The lowest BCUT2D eigenvalue weighted by molar-refractivity contribution is -0.143. The number of ketones is 1. The van der Waals surface area contributed by atoms with Gasteiger partial charge in [0.25, 0.3) is 0 Å². The topological polar surface area (TPSA) is 43.9 Å². The number of carbonyl (C=O) groups excluding carboxylic acids is 2. The van der Waals surface area contributed by atoms with Crippen LogP contribution >= 0.6 is 0 Å². The number of amides is 1. The molecule has 3 saturated heterocycles. The van der Waals surface area contributed by atoms with Gasteiger partial charge in [0.05, 0.1) is 6.54 Å². The molecule has 0 spiro atoms. The number of likely N-dealkylation sites (tertiary alicyclic amines) is 3. The van der Waals surface area contributed by atoms with Crippen molar-refractivity contribution in [2.24, 2.45) is 16.7 Å². The third-order valence-corrected chi connectivity index (χ3v) is 7.61. The van der Waals surface area contributed by atoms with Crippen molar-refractivity contribution in [2.45, 2.75) is 85.6 Å². The molecule has 0 saturated carbocycles. The maximum Gasteiger partial charge on any atom is 0.228 e. The zero-order valence-corrected chi connectivity index (χ0v) is 20.2. The highest BCUT2D eigenvalue weighted by atomic mass is 16.2. The summed E-state index contributed by atoms with van der Waals surface area (Å²) in [5, 5.41) is 0. The van der Waals surface area contributed by atoms with Crippen molar-refractivity contribution in [3.63, 3.8) is 0 Å². The minimum atomic E-state index is -0.313. The number of nitrogens with zero attached hydrogens (tertiary/aromatic N) is 3. The molecule has 0 N–H and O–H groups in total. The van der Waals surface area contributed by atoms with Gasteiger partial charge in [-0.15, -0.1) is 0 Å². The predicted octanol–water partition coefficient (Wildman–Crippen LogP) is 3.82. The highest BCUT2D eigenvalue weighted by Gasteiger charge is 2.38. The van der Waals surface area contributed by atoms with Crippen molar-refractivity contribution in [3.05, 3.63) is 0 Å². The van der Waals surface area contributed by atoms with Gasteiger partial charge in [-0.05, 0) is 64.1 Å². The van der Waals surface area contributed by atoms with Gasteiger partial charge in [0.15, 0.2) is 5.78 Å². The summed E-state index contributed by atoms with van der Waals surface area (Å²) in [7, 11) is 0. The molecule has 1 atom stereocenters. The summed E-state index contributed by atoms with van der Waals surface area (Å²) in [5.41, 5.74) is -0.583. The molecule has 0 aromatic carbocycles. The molecule has 3 heterocycles. The molecule has 5 nitrogen and oxygen atoms in total. The van der Waals surface area contributed by atoms with Gasteiger partial charge in [0.1, 0.15) is 0 Å². The predicted molar refractivity (Wildman–Crippen MR) is 122 cm³/mol. The lowest BCUT2D eigenvalue weighted by Gasteiger charge is -2.42. The Labute approximate surface area is 184 Å². The van der Waals surface area contributed by atoms with Crippen LogP contribution in [0.3, 0.4) is 0 Å².